The second-order valence-corrected chi connectivity index (χ2v) is 6.53. The molecule has 0 aromatic heterocycles. The summed E-state index contributed by atoms with van der Waals surface area (Å²) in [6.45, 7) is 2.21. The fraction of sp³-hybridized carbons (Fsp3) is 0.500. The number of carbonyl (C=O) groups excluding carboxylic acids is 1. The first-order valence-electron chi connectivity index (χ1n) is 6.51. The Balaban J connectivity index is 2.04. The molecule has 2 rings (SSSR count). The molecule has 1 fully saturated rings. The van der Waals surface area contributed by atoms with Crippen molar-refractivity contribution in [2.75, 3.05) is 23.4 Å². The summed E-state index contributed by atoms with van der Waals surface area (Å²) in [5.41, 5.74) is 1.63. The predicted molar refractivity (Wildman–Crippen MR) is 84.1 cm³/mol. The minimum atomic E-state index is -0.274. The standard InChI is InChI=1S/C14H18BrNO2S/c1-2-18-14(17)10-3-4-13(12(15)9-10)16-11-5-7-19-8-6-11/h3-4,9,11,16H,2,5-8H2,1H3. The molecule has 0 saturated carbocycles. The van der Waals surface area contributed by atoms with Crippen LogP contribution in [0, 0.1) is 0 Å². The third kappa shape index (κ3) is 4.14. The van der Waals surface area contributed by atoms with E-state index in [4.69, 9.17) is 4.74 Å². The summed E-state index contributed by atoms with van der Waals surface area (Å²) in [6.07, 6.45) is 2.38. The Kier molecular flexibility index (Phi) is 5.58. The highest BCUT2D eigenvalue weighted by Crippen LogP contribution is 2.27. The van der Waals surface area contributed by atoms with Crippen LogP contribution in [-0.4, -0.2) is 30.1 Å². The summed E-state index contributed by atoms with van der Waals surface area (Å²) in [6, 6.07) is 6.10. The average Bonchev–Trinajstić information content (AvgIpc) is 2.42. The molecule has 0 bridgehead atoms. The summed E-state index contributed by atoms with van der Waals surface area (Å²) in [5, 5.41) is 3.53. The Hall–Kier alpha value is -0.680. The fourth-order valence-electron chi connectivity index (χ4n) is 2.04. The van der Waals surface area contributed by atoms with Crippen LogP contribution in [0.2, 0.25) is 0 Å². The number of thioether (sulfide) groups is 1. The number of carbonyl (C=O) groups is 1. The Morgan fingerprint density at radius 2 is 2.21 bits per heavy atom. The zero-order chi connectivity index (χ0) is 13.7. The Morgan fingerprint density at radius 1 is 1.47 bits per heavy atom. The number of rotatable bonds is 4. The van der Waals surface area contributed by atoms with Crippen LogP contribution in [0.3, 0.4) is 0 Å². The van der Waals surface area contributed by atoms with Crippen molar-refractivity contribution in [2.24, 2.45) is 0 Å². The van der Waals surface area contributed by atoms with Crippen molar-refractivity contribution in [3.8, 4) is 0 Å². The molecule has 0 atom stereocenters. The van der Waals surface area contributed by atoms with E-state index >= 15 is 0 Å². The minimum Gasteiger partial charge on any atom is -0.462 e. The predicted octanol–water partition coefficient (Wildman–Crippen LogP) is 3.93. The number of ether oxygens (including phenoxy) is 1. The van der Waals surface area contributed by atoms with Crippen molar-refractivity contribution in [3.63, 3.8) is 0 Å². The highest BCUT2D eigenvalue weighted by molar-refractivity contribution is 9.10. The van der Waals surface area contributed by atoms with Gasteiger partial charge in [0.05, 0.1) is 12.2 Å². The Bertz CT molecular complexity index is 447. The molecule has 1 aliphatic rings. The SMILES string of the molecule is CCOC(=O)c1ccc(NC2CCSCC2)c(Br)c1. The summed E-state index contributed by atoms with van der Waals surface area (Å²) in [4.78, 5) is 11.6. The van der Waals surface area contributed by atoms with Crippen LogP contribution in [0.15, 0.2) is 22.7 Å². The number of hydrogen-bond acceptors (Lipinski definition) is 4. The van der Waals surface area contributed by atoms with Gasteiger partial charge in [0.1, 0.15) is 0 Å². The zero-order valence-electron chi connectivity index (χ0n) is 10.9. The molecule has 0 spiro atoms. The largest absolute Gasteiger partial charge is 0.462 e. The first kappa shape index (κ1) is 14.7. The quantitative estimate of drug-likeness (QED) is 0.840. The van der Waals surface area contributed by atoms with E-state index in [1.54, 1.807) is 0 Å². The third-order valence-corrected chi connectivity index (χ3v) is 4.77. The molecule has 3 nitrogen and oxygen atoms in total. The van der Waals surface area contributed by atoms with Gasteiger partial charge in [-0.3, -0.25) is 0 Å². The van der Waals surface area contributed by atoms with Gasteiger partial charge < -0.3 is 10.1 Å². The summed E-state index contributed by atoms with van der Waals surface area (Å²) >= 11 is 5.53. The highest BCUT2D eigenvalue weighted by Gasteiger charge is 2.15. The first-order valence-corrected chi connectivity index (χ1v) is 8.46. The molecule has 0 amide bonds. The number of halogens is 1. The number of benzene rings is 1. The molecule has 104 valence electrons. The van der Waals surface area contributed by atoms with Gasteiger partial charge in [-0.15, -0.1) is 0 Å². The van der Waals surface area contributed by atoms with Crippen LogP contribution in [0.5, 0.6) is 0 Å². The van der Waals surface area contributed by atoms with E-state index in [2.05, 4.69) is 21.2 Å². The molecule has 0 aliphatic carbocycles. The van der Waals surface area contributed by atoms with Crippen molar-refractivity contribution in [1.29, 1.82) is 0 Å². The fourth-order valence-corrected chi connectivity index (χ4v) is 3.64. The van der Waals surface area contributed by atoms with Crippen molar-refractivity contribution in [1.82, 2.24) is 0 Å². The Morgan fingerprint density at radius 3 is 2.84 bits per heavy atom. The van der Waals surface area contributed by atoms with E-state index < -0.39 is 0 Å². The van der Waals surface area contributed by atoms with Crippen LogP contribution >= 0.6 is 27.7 Å². The normalized spacial score (nSPS) is 16.1. The summed E-state index contributed by atoms with van der Waals surface area (Å²) < 4.78 is 5.90. The Labute approximate surface area is 126 Å². The van der Waals surface area contributed by atoms with Crippen molar-refractivity contribution >= 4 is 39.3 Å². The van der Waals surface area contributed by atoms with Crippen LogP contribution in [0.25, 0.3) is 0 Å². The van der Waals surface area contributed by atoms with Gasteiger partial charge in [-0.2, -0.15) is 11.8 Å². The molecule has 19 heavy (non-hydrogen) atoms. The second kappa shape index (κ2) is 7.20. The maximum Gasteiger partial charge on any atom is 0.338 e. The number of nitrogens with one attached hydrogen (secondary N) is 1. The van der Waals surface area contributed by atoms with Gasteiger partial charge in [0.25, 0.3) is 0 Å². The molecule has 5 heteroatoms. The topological polar surface area (TPSA) is 38.3 Å². The monoisotopic (exact) mass is 343 g/mol. The molecule has 1 aliphatic heterocycles. The molecule has 1 N–H and O–H groups in total. The molecule has 1 saturated heterocycles. The maximum atomic E-state index is 11.6. The van der Waals surface area contributed by atoms with Crippen molar-refractivity contribution in [3.05, 3.63) is 28.2 Å². The lowest BCUT2D eigenvalue weighted by atomic mass is 10.1. The molecule has 1 aromatic rings. The maximum absolute atomic E-state index is 11.6. The highest BCUT2D eigenvalue weighted by atomic mass is 79.9. The molecular formula is C14H18BrNO2S. The lowest BCUT2D eigenvalue weighted by molar-refractivity contribution is 0.0526. The average molecular weight is 344 g/mol. The molecule has 1 aromatic carbocycles. The molecule has 1 heterocycles. The van der Waals surface area contributed by atoms with Gasteiger partial charge in [0.15, 0.2) is 0 Å². The number of esters is 1. The molecule has 0 radical (unpaired) electrons. The van der Waals surface area contributed by atoms with E-state index in [-0.39, 0.29) is 5.97 Å². The van der Waals surface area contributed by atoms with Crippen molar-refractivity contribution < 1.29 is 9.53 Å². The zero-order valence-corrected chi connectivity index (χ0v) is 13.4. The van der Waals surface area contributed by atoms with Gasteiger partial charge >= 0.3 is 5.97 Å². The van der Waals surface area contributed by atoms with Crippen LogP contribution in [-0.2, 0) is 4.74 Å². The van der Waals surface area contributed by atoms with E-state index in [1.807, 2.05) is 36.9 Å². The smallest absolute Gasteiger partial charge is 0.338 e. The molecular weight excluding hydrogens is 326 g/mol. The van der Waals surface area contributed by atoms with E-state index in [0.717, 1.165) is 10.2 Å². The number of hydrogen-bond donors (Lipinski definition) is 1. The van der Waals surface area contributed by atoms with E-state index in [1.165, 1.54) is 24.3 Å². The van der Waals surface area contributed by atoms with Gasteiger partial charge in [0.2, 0.25) is 0 Å². The lowest BCUT2D eigenvalue weighted by Gasteiger charge is -2.24. The molecule has 0 unspecified atom stereocenters. The van der Waals surface area contributed by atoms with E-state index in [9.17, 15) is 4.79 Å². The van der Waals surface area contributed by atoms with Crippen LogP contribution in [0.1, 0.15) is 30.1 Å². The summed E-state index contributed by atoms with van der Waals surface area (Å²) in [5.74, 6) is 2.16. The van der Waals surface area contributed by atoms with Gasteiger partial charge in [-0.25, -0.2) is 4.79 Å². The van der Waals surface area contributed by atoms with Gasteiger partial charge in [0, 0.05) is 16.2 Å². The number of anilines is 1. The third-order valence-electron chi connectivity index (χ3n) is 3.06. The summed E-state index contributed by atoms with van der Waals surface area (Å²) in [7, 11) is 0. The van der Waals surface area contributed by atoms with Crippen molar-refractivity contribution in [2.45, 2.75) is 25.8 Å². The van der Waals surface area contributed by atoms with Gasteiger partial charge in [-0.05, 0) is 65.4 Å². The van der Waals surface area contributed by atoms with Crippen LogP contribution < -0.4 is 5.32 Å². The van der Waals surface area contributed by atoms with Crippen LogP contribution in [0.4, 0.5) is 5.69 Å². The minimum absolute atomic E-state index is 0.274. The second-order valence-electron chi connectivity index (χ2n) is 4.45. The van der Waals surface area contributed by atoms with E-state index in [0.29, 0.717) is 18.2 Å². The first-order chi connectivity index (χ1) is 9.20. The lowest BCUT2D eigenvalue weighted by Crippen LogP contribution is -2.24. The van der Waals surface area contributed by atoms with Gasteiger partial charge in [-0.1, -0.05) is 0 Å².